The van der Waals surface area contributed by atoms with Crippen LogP contribution in [0.15, 0.2) is 18.3 Å². The van der Waals surface area contributed by atoms with E-state index in [0.717, 1.165) is 25.3 Å². The van der Waals surface area contributed by atoms with E-state index in [1.54, 1.807) is 6.07 Å². The highest BCUT2D eigenvalue weighted by molar-refractivity contribution is 5.74. The largest absolute Gasteiger partial charge is 0.418 e. The van der Waals surface area contributed by atoms with E-state index in [1.807, 2.05) is 0 Å². The lowest BCUT2D eigenvalue weighted by molar-refractivity contribution is -0.137. The molecule has 0 radical (unpaired) electrons. The summed E-state index contributed by atoms with van der Waals surface area (Å²) in [6.45, 7) is 1.03. The van der Waals surface area contributed by atoms with Gasteiger partial charge in [-0.05, 0) is 29.8 Å². The van der Waals surface area contributed by atoms with Crippen molar-refractivity contribution in [3.63, 3.8) is 0 Å². The number of anilines is 1. The number of H-pyrrole nitrogens is 1. The van der Waals surface area contributed by atoms with Crippen molar-refractivity contribution in [2.24, 2.45) is 0 Å². The van der Waals surface area contributed by atoms with Gasteiger partial charge in [-0.15, -0.1) is 10.2 Å². The van der Waals surface area contributed by atoms with E-state index in [9.17, 15) is 17.6 Å². The monoisotopic (exact) mass is 312 g/mol. The fourth-order valence-corrected chi connectivity index (χ4v) is 1.74. The van der Waals surface area contributed by atoms with Crippen molar-refractivity contribution < 1.29 is 17.6 Å². The summed E-state index contributed by atoms with van der Waals surface area (Å²) < 4.78 is 52.5. The van der Waals surface area contributed by atoms with Gasteiger partial charge in [0.15, 0.2) is 0 Å². The molecular formula is C12H8F4N6. The van der Waals surface area contributed by atoms with Crippen LogP contribution in [-0.4, -0.2) is 20.6 Å². The first kappa shape index (κ1) is 15.4. The Morgan fingerprint density at radius 2 is 2.14 bits per heavy atom. The van der Waals surface area contributed by atoms with E-state index in [-0.39, 0.29) is 17.1 Å². The van der Waals surface area contributed by atoms with Crippen molar-refractivity contribution in [2.45, 2.75) is 13.1 Å². The Balaban J connectivity index is 2.43. The molecule has 0 aliphatic rings. The van der Waals surface area contributed by atoms with Crippen molar-refractivity contribution in [3.05, 3.63) is 41.1 Å². The number of hydrogen-bond acceptors (Lipinski definition) is 5. The molecular weight excluding hydrogens is 304 g/mol. The fraction of sp³-hybridized carbons (Fsp3) is 0.167. The van der Waals surface area contributed by atoms with Crippen molar-refractivity contribution >= 4 is 11.3 Å². The number of nitriles is 1. The van der Waals surface area contributed by atoms with Crippen LogP contribution in [-0.2, 0) is 6.18 Å². The van der Waals surface area contributed by atoms with Gasteiger partial charge in [0.2, 0.25) is 5.82 Å². The maximum Gasteiger partial charge on any atom is 0.418 e. The number of nitrogens with zero attached hydrogens (tertiary/aromatic N) is 4. The number of alkyl halides is 3. The van der Waals surface area contributed by atoms with Gasteiger partial charge in [-0.3, -0.25) is 0 Å². The van der Waals surface area contributed by atoms with E-state index in [2.05, 4.69) is 25.9 Å². The predicted molar refractivity (Wildman–Crippen MR) is 67.5 cm³/mol. The molecule has 0 saturated heterocycles. The third kappa shape index (κ3) is 3.03. The zero-order valence-electron chi connectivity index (χ0n) is 11.0. The molecule has 2 rings (SSSR count). The lowest BCUT2D eigenvalue weighted by Gasteiger charge is -2.16. The summed E-state index contributed by atoms with van der Waals surface area (Å²) in [5.74, 6) is -1.05. The molecule has 0 unspecified atom stereocenters. The molecule has 0 fully saturated rings. The first-order chi connectivity index (χ1) is 10.3. The Kier molecular flexibility index (Phi) is 4.07. The van der Waals surface area contributed by atoms with Gasteiger partial charge in [0, 0.05) is 6.20 Å². The zero-order chi connectivity index (χ0) is 16.3. The van der Waals surface area contributed by atoms with Crippen LogP contribution in [0.1, 0.15) is 17.0 Å². The maximum atomic E-state index is 13.3. The van der Waals surface area contributed by atoms with Gasteiger partial charge >= 0.3 is 6.18 Å². The normalized spacial score (nSPS) is 12.1. The molecule has 0 saturated carbocycles. The molecule has 1 aromatic heterocycles. The Labute approximate surface area is 121 Å². The Morgan fingerprint density at radius 3 is 2.68 bits per heavy atom. The fourth-order valence-electron chi connectivity index (χ4n) is 1.74. The van der Waals surface area contributed by atoms with E-state index >= 15 is 0 Å². The summed E-state index contributed by atoms with van der Waals surface area (Å²) >= 11 is 0. The van der Waals surface area contributed by atoms with Crippen molar-refractivity contribution in [3.8, 4) is 6.07 Å². The molecule has 10 heteroatoms. The molecule has 0 spiro atoms. The minimum Gasteiger partial charge on any atom is -0.360 e. The predicted octanol–water partition coefficient (Wildman–Crippen LogP) is 2.64. The highest BCUT2D eigenvalue weighted by Crippen LogP contribution is 2.38. The molecule has 1 heterocycles. The van der Waals surface area contributed by atoms with Gasteiger partial charge in [-0.25, -0.2) is 4.39 Å². The van der Waals surface area contributed by atoms with E-state index in [1.165, 1.54) is 0 Å². The van der Waals surface area contributed by atoms with Crippen LogP contribution in [0.25, 0.3) is 5.57 Å². The minimum atomic E-state index is -4.75. The number of benzene rings is 1. The number of allylic oxidation sites excluding steroid dienone is 1. The second-order valence-corrected chi connectivity index (χ2v) is 4.14. The summed E-state index contributed by atoms with van der Waals surface area (Å²) in [6.07, 6.45) is -3.76. The van der Waals surface area contributed by atoms with Gasteiger partial charge in [0.05, 0.1) is 11.3 Å². The number of aromatic amines is 1. The second kappa shape index (κ2) is 5.80. The van der Waals surface area contributed by atoms with Crippen LogP contribution in [0, 0.1) is 24.1 Å². The van der Waals surface area contributed by atoms with Gasteiger partial charge in [0.25, 0.3) is 0 Å². The number of aromatic nitrogens is 4. The van der Waals surface area contributed by atoms with Crippen molar-refractivity contribution in [1.82, 2.24) is 20.6 Å². The lowest BCUT2D eigenvalue weighted by Crippen LogP contribution is -2.12. The standard InChI is InChI=1S/C12H8F4N6/c1-6-8(13)2-3-9(10(6)12(14,15)16)18-5-7(4-17)11-19-21-22-20-11/h2-3,5,18H,1H3,(H,19,20,21,22). The summed E-state index contributed by atoms with van der Waals surface area (Å²) in [4.78, 5) is 0. The molecule has 0 aliphatic carbocycles. The molecule has 0 atom stereocenters. The highest BCUT2D eigenvalue weighted by atomic mass is 19.4. The molecule has 1 aromatic carbocycles. The van der Waals surface area contributed by atoms with Crippen LogP contribution in [0.5, 0.6) is 0 Å². The average Bonchev–Trinajstić information content (AvgIpc) is 2.96. The van der Waals surface area contributed by atoms with Gasteiger partial charge in [-0.1, -0.05) is 0 Å². The van der Waals surface area contributed by atoms with Gasteiger partial charge in [0.1, 0.15) is 17.5 Å². The number of halogens is 4. The van der Waals surface area contributed by atoms with E-state index in [4.69, 9.17) is 5.26 Å². The van der Waals surface area contributed by atoms with Gasteiger partial charge < -0.3 is 5.32 Å². The SMILES string of the molecule is Cc1c(F)ccc(NC=C(C#N)c2nn[nH]n2)c1C(F)(F)F. The van der Waals surface area contributed by atoms with Crippen molar-refractivity contribution in [2.75, 3.05) is 5.32 Å². The summed E-state index contributed by atoms with van der Waals surface area (Å²) in [6, 6.07) is 3.56. The minimum absolute atomic E-state index is 0.0811. The lowest BCUT2D eigenvalue weighted by atomic mass is 10.1. The van der Waals surface area contributed by atoms with Gasteiger partial charge in [-0.2, -0.15) is 23.6 Å². The molecule has 114 valence electrons. The zero-order valence-corrected chi connectivity index (χ0v) is 11.0. The van der Waals surface area contributed by atoms with Crippen molar-refractivity contribution in [1.29, 1.82) is 5.26 Å². The Hall–Kier alpha value is -2.96. The molecule has 2 N–H and O–H groups in total. The maximum absolute atomic E-state index is 13.3. The highest BCUT2D eigenvalue weighted by Gasteiger charge is 2.36. The smallest absolute Gasteiger partial charge is 0.360 e. The van der Waals surface area contributed by atoms with E-state index in [0.29, 0.717) is 0 Å². The molecule has 0 aliphatic heterocycles. The summed E-state index contributed by atoms with van der Waals surface area (Å²) in [5, 5.41) is 23.7. The summed E-state index contributed by atoms with van der Waals surface area (Å²) in [5.41, 5.74) is -2.20. The van der Waals surface area contributed by atoms with Crippen LogP contribution in [0.3, 0.4) is 0 Å². The van der Waals surface area contributed by atoms with Crippen LogP contribution >= 0.6 is 0 Å². The molecule has 22 heavy (non-hydrogen) atoms. The summed E-state index contributed by atoms with van der Waals surface area (Å²) in [7, 11) is 0. The topological polar surface area (TPSA) is 90.3 Å². The second-order valence-electron chi connectivity index (χ2n) is 4.14. The van der Waals surface area contributed by atoms with Crippen LogP contribution < -0.4 is 5.32 Å². The Morgan fingerprint density at radius 1 is 1.41 bits per heavy atom. The molecule has 6 nitrogen and oxygen atoms in total. The molecule has 0 amide bonds. The number of tetrazole rings is 1. The number of nitrogens with one attached hydrogen (secondary N) is 2. The van der Waals surface area contributed by atoms with Crippen LogP contribution in [0.2, 0.25) is 0 Å². The Bertz CT molecular complexity index is 742. The average molecular weight is 312 g/mol. The molecule has 0 bridgehead atoms. The third-order valence-electron chi connectivity index (χ3n) is 2.76. The van der Waals surface area contributed by atoms with E-state index < -0.39 is 23.1 Å². The number of rotatable bonds is 3. The number of hydrogen-bond donors (Lipinski definition) is 2. The molecule has 2 aromatic rings. The third-order valence-corrected chi connectivity index (χ3v) is 2.76. The quantitative estimate of drug-likeness (QED) is 0.671. The first-order valence-corrected chi connectivity index (χ1v) is 5.81. The first-order valence-electron chi connectivity index (χ1n) is 5.81. The van der Waals surface area contributed by atoms with Crippen LogP contribution in [0.4, 0.5) is 23.2 Å².